The van der Waals surface area contributed by atoms with Gasteiger partial charge >= 0.3 is 0 Å². The van der Waals surface area contributed by atoms with E-state index in [4.69, 9.17) is 17.3 Å². The minimum absolute atomic E-state index is 0.252. The zero-order chi connectivity index (χ0) is 18.8. The number of nitrogens with one attached hydrogen (secondary N) is 1. The average molecular weight is 373 g/mol. The van der Waals surface area contributed by atoms with Gasteiger partial charge in [0.2, 0.25) is 5.91 Å². The van der Waals surface area contributed by atoms with Crippen LogP contribution in [0.4, 0.5) is 0 Å². The smallest absolute Gasteiger partial charge is 0.268 e. The van der Waals surface area contributed by atoms with Crippen LogP contribution in [0.5, 0.6) is 0 Å². The molecule has 8 heteroatoms. The molecule has 1 aromatic carbocycles. The molecule has 0 radical (unpaired) electrons. The third kappa shape index (κ3) is 3.40. The number of nitrogens with zero attached hydrogens (tertiary/aromatic N) is 2. The number of aliphatic hydroxyl groups is 1. The van der Waals surface area contributed by atoms with Gasteiger partial charge in [-0.3, -0.25) is 14.6 Å². The van der Waals surface area contributed by atoms with Gasteiger partial charge in [0.15, 0.2) is 0 Å². The molecule has 0 aliphatic rings. The molecule has 0 fully saturated rings. The Balaban J connectivity index is 1.85. The predicted molar refractivity (Wildman–Crippen MR) is 98.0 cm³/mol. The number of aliphatic hydroxyl groups excluding tert-OH is 1. The normalized spacial score (nSPS) is 12.1. The number of rotatable bonds is 5. The molecule has 2 amide bonds. The summed E-state index contributed by atoms with van der Waals surface area (Å²) in [6, 6.07) is 9.45. The topological polar surface area (TPSA) is 110 Å². The van der Waals surface area contributed by atoms with Crippen LogP contribution in [-0.2, 0) is 7.05 Å². The highest BCUT2D eigenvalue weighted by molar-refractivity contribution is 6.31. The molecular weight excluding hydrogens is 356 g/mol. The van der Waals surface area contributed by atoms with Gasteiger partial charge in [-0.15, -0.1) is 0 Å². The van der Waals surface area contributed by atoms with Crippen LogP contribution in [0.25, 0.3) is 10.9 Å². The summed E-state index contributed by atoms with van der Waals surface area (Å²) in [5.74, 6) is -0.956. The van der Waals surface area contributed by atoms with E-state index in [9.17, 15) is 14.7 Å². The van der Waals surface area contributed by atoms with E-state index in [1.54, 1.807) is 35.9 Å². The van der Waals surface area contributed by atoms with E-state index in [2.05, 4.69) is 10.3 Å². The van der Waals surface area contributed by atoms with E-state index in [-0.39, 0.29) is 18.1 Å². The molecule has 0 aliphatic heterocycles. The van der Waals surface area contributed by atoms with Gasteiger partial charge in [0.1, 0.15) is 5.69 Å². The Labute approximate surface area is 154 Å². The molecule has 2 aromatic heterocycles. The van der Waals surface area contributed by atoms with Crippen LogP contribution in [0, 0.1) is 0 Å². The molecule has 3 rings (SSSR count). The van der Waals surface area contributed by atoms with Crippen molar-refractivity contribution in [1.29, 1.82) is 0 Å². The van der Waals surface area contributed by atoms with Gasteiger partial charge in [-0.2, -0.15) is 0 Å². The van der Waals surface area contributed by atoms with E-state index in [0.717, 1.165) is 10.9 Å². The molecule has 7 nitrogen and oxygen atoms in total. The number of primary amides is 1. The van der Waals surface area contributed by atoms with Gasteiger partial charge in [0.05, 0.1) is 23.9 Å². The van der Waals surface area contributed by atoms with E-state index < -0.39 is 11.9 Å². The van der Waals surface area contributed by atoms with Crippen LogP contribution in [0.3, 0.4) is 0 Å². The Bertz CT molecular complexity index is 982. The number of carbonyl (C=O) groups excluding carboxylic acids is 2. The first-order valence-corrected chi connectivity index (χ1v) is 8.21. The fraction of sp³-hybridized carbons (Fsp3) is 0.167. The largest absolute Gasteiger partial charge is 0.394 e. The lowest BCUT2D eigenvalue weighted by Gasteiger charge is -2.16. The molecule has 26 heavy (non-hydrogen) atoms. The monoisotopic (exact) mass is 372 g/mol. The SMILES string of the molecule is Cn1c(C(=O)NC(CO)c2ccc(C(N)=O)cn2)cc2ccc(Cl)cc21. The van der Waals surface area contributed by atoms with Gasteiger partial charge in [-0.05, 0) is 30.3 Å². The van der Waals surface area contributed by atoms with Gasteiger partial charge < -0.3 is 20.7 Å². The van der Waals surface area contributed by atoms with Crippen LogP contribution in [0.1, 0.15) is 32.6 Å². The second kappa shape index (κ2) is 7.15. The Hall–Kier alpha value is -2.90. The molecule has 0 aliphatic carbocycles. The lowest BCUT2D eigenvalue weighted by Crippen LogP contribution is -2.32. The van der Waals surface area contributed by atoms with Crippen LogP contribution < -0.4 is 11.1 Å². The maximum Gasteiger partial charge on any atom is 0.268 e. The van der Waals surface area contributed by atoms with Crippen molar-refractivity contribution >= 4 is 34.3 Å². The maximum atomic E-state index is 12.7. The van der Waals surface area contributed by atoms with Gasteiger partial charge in [0, 0.05) is 29.2 Å². The number of carbonyl (C=O) groups is 2. The zero-order valence-corrected chi connectivity index (χ0v) is 14.7. The van der Waals surface area contributed by atoms with Gasteiger partial charge in [-0.1, -0.05) is 17.7 Å². The molecular formula is C18H17ClN4O3. The quantitative estimate of drug-likeness (QED) is 0.634. The fourth-order valence-corrected chi connectivity index (χ4v) is 2.89. The molecule has 1 atom stereocenters. The number of aromatic nitrogens is 2. The van der Waals surface area contributed by atoms with Crippen molar-refractivity contribution < 1.29 is 14.7 Å². The number of benzene rings is 1. The molecule has 0 saturated heterocycles. The van der Waals surface area contributed by atoms with Crippen LogP contribution >= 0.6 is 11.6 Å². The number of hydrogen-bond donors (Lipinski definition) is 3. The summed E-state index contributed by atoms with van der Waals surface area (Å²) in [6.45, 7) is -0.343. The number of hydrogen-bond acceptors (Lipinski definition) is 4. The summed E-state index contributed by atoms with van der Waals surface area (Å²) in [6.07, 6.45) is 1.31. The van der Waals surface area contributed by atoms with Crippen molar-refractivity contribution in [2.75, 3.05) is 6.61 Å². The molecule has 4 N–H and O–H groups in total. The number of aryl methyl sites for hydroxylation is 1. The standard InChI is InChI=1S/C18H17ClN4O3/c1-23-15-7-12(19)4-2-10(15)6-16(23)18(26)22-14(9-24)13-5-3-11(8-21-13)17(20)25/h2-8,14,24H,9H2,1H3,(H2,20,25)(H,22,26). The Kier molecular flexibility index (Phi) is 4.92. The van der Waals surface area contributed by atoms with Crippen molar-refractivity contribution in [1.82, 2.24) is 14.9 Å². The predicted octanol–water partition coefficient (Wildman–Crippen LogP) is 1.79. The van der Waals surface area contributed by atoms with Crippen molar-refractivity contribution in [3.63, 3.8) is 0 Å². The number of amides is 2. The number of nitrogens with two attached hydrogens (primary N) is 1. The number of pyridine rings is 1. The summed E-state index contributed by atoms with van der Waals surface area (Å²) in [4.78, 5) is 27.9. The van der Waals surface area contributed by atoms with E-state index in [1.807, 2.05) is 6.07 Å². The molecule has 2 heterocycles. The second-order valence-corrected chi connectivity index (χ2v) is 6.27. The Morgan fingerprint density at radius 3 is 2.69 bits per heavy atom. The number of halogens is 1. The Morgan fingerprint density at radius 2 is 2.08 bits per heavy atom. The van der Waals surface area contributed by atoms with Crippen molar-refractivity contribution in [2.45, 2.75) is 6.04 Å². The summed E-state index contributed by atoms with van der Waals surface area (Å²) in [5.41, 5.74) is 7.11. The third-order valence-corrected chi connectivity index (χ3v) is 4.39. The first-order chi connectivity index (χ1) is 12.4. The molecule has 134 valence electrons. The van der Waals surface area contributed by atoms with E-state index in [1.165, 1.54) is 12.3 Å². The minimum atomic E-state index is -0.717. The summed E-state index contributed by atoms with van der Waals surface area (Å²) in [7, 11) is 1.77. The average Bonchev–Trinajstić information content (AvgIpc) is 2.96. The highest BCUT2D eigenvalue weighted by atomic mass is 35.5. The summed E-state index contributed by atoms with van der Waals surface area (Å²) in [5, 5.41) is 13.8. The Morgan fingerprint density at radius 1 is 1.31 bits per heavy atom. The third-order valence-electron chi connectivity index (χ3n) is 4.16. The van der Waals surface area contributed by atoms with Crippen LogP contribution in [0.15, 0.2) is 42.6 Å². The lowest BCUT2D eigenvalue weighted by atomic mass is 10.1. The first-order valence-electron chi connectivity index (χ1n) is 7.83. The minimum Gasteiger partial charge on any atom is -0.394 e. The van der Waals surface area contributed by atoms with Crippen molar-refractivity contribution in [2.24, 2.45) is 12.8 Å². The molecule has 0 bridgehead atoms. The van der Waals surface area contributed by atoms with E-state index >= 15 is 0 Å². The van der Waals surface area contributed by atoms with Gasteiger partial charge in [-0.25, -0.2) is 0 Å². The first kappa shape index (κ1) is 17.9. The molecule has 1 unspecified atom stereocenters. The highest BCUT2D eigenvalue weighted by Gasteiger charge is 2.19. The van der Waals surface area contributed by atoms with Crippen LogP contribution in [-0.4, -0.2) is 33.1 Å². The summed E-state index contributed by atoms with van der Waals surface area (Å²) >= 11 is 6.01. The fourth-order valence-electron chi connectivity index (χ4n) is 2.72. The van der Waals surface area contributed by atoms with Crippen molar-refractivity contribution in [3.05, 3.63) is 64.6 Å². The molecule has 0 saturated carbocycles. The van der Waals surface area contributed by atoms with Gasteiger partial charge in [0.25, 0.3) is 5.91 Å². The van der Waals surface area contributed by atoms with E-state index in [0.29, 0.717) is 16.4 Å². The highest BCUT2D eigenvalue weighted by Crippen LogP contribution is 2.23. The van der Waals surface area contributed by atoms with Crippen LogP contribution in [0.2, 0.25) is 5.02 Å². The zero-order valence-electron chi connectivity index (χ0n) is 13.9. The molecule has 0 spiro atoms. The maximum absolute atomic E-state index is 12.7. The number of fused-ring (bicyclic) bond motifs is 1. The van der Waals surface area contributed by atoms with Crippen molar-refractivity contribution in [3.8, 4) is 0 Å². The summed E-state index contributed by atoms with van der Waals surface area (Å²) < 4.78 is 1.73. The lowest BCUT2D eigenvalue weighted by molar-refractivity contribution is 0.0905. The second-order valence-electron chi connectivity index (χ2n) is 5.84. The molecule has 3 aromatic rings.